The van der Waals surface area contributed by atoms with Gasteiger partial charge in [-0.05, 0) is 18.3 Å². The molecule has 1 heterocycles. The molecular weight excluding hydrogens is 182 g/mol. The fourth-order valence-corrected chi connectivity index (χ4v) is 1.99. The van der Waals surface area contributed by atoms with Crippen LogP contribution in [0, 0.1) is 11.8 Å². The van der Waals surface area contributed by atoms with Crippen LogP contribution in [0.3, 0.4) is 0 Å². The van der Waals surface area contributed by atoms with Crippen LogP contribution in [0.5, 0.6) is 0 Å². The molecule has 0 aromatic rings. The molecule has 0 bridgehead atoms. The minimum Gasteiger partial charge on any atom is -0.382 e. The molecular formula is C10H17NO3. The molecule has 4 nitrogen and oxygen atoms in total. The fourth-order valence-electron chi connectivity index (χ4n) is 1.99. The molecule has 14 heavy (non-hydrogen) atoms. The SMILES string of the molecule is COCCOCC(=O)N1CC2CC2C1. The lowest BCUT2D eigenvalue weighted by Gasteiger charge is -2.17. The maximum atomic E-state index is 11.5. The highest BCUT2D eigenvalue weighted by Crippen LogP contribution is 2.44. The Hall–Kier alpha value is -0.610. The summed E-state index contributed by atoms with van der Waals surface area (Å²) in [6.45, 7) is 3.18. The summed E-state index contributed by atoms with van der Waals surface area (Å²) >= 11 is 0. The van der Waals surface area contributed by atoms with Crippen LogP contribution < -0.4 is 0 Å². The number of amides is 1. The number of piperidine rings is 1. The van der Waals surface area contributed by atoms with E-state index in [4.69, 9.17) is 9.47 Å². The molecule has 0 aromatic carbocycles. The van der Waals surface area contributed by atoms with Gasteiger partial charge in [0, 0.05) is 20.2 Å². The zero-order valence-electron chi connectivity index (χ0n) is 8.57. The molecule has 2 fully saturated rings. The van der Waals surface area contributed by atoms with Gasteiger partial charge in [0.1, 0.15) is 6.61 Å². The lowest BCUT2D eigenvalue weighted by Crippen LogP contribution is -2.33. The summed E-state index contributed by atoms with van der Waals surface area (Å²) in [4.78, 5) is 13.5. The molecule has 1 amide bonds. The first-order valence-electron chi connectivity index (χ1n) is 5.15. The first kappa shape index (κ1) is 9.93. The monoisotopic (exact) mass is 199 g/mol. The van der Waals surface area contributed by atoms with Crippen LogP contribution in [0.2, 0.25) is 0 Å². The van der Waals surface area contributed by atoms with Crippen molar-refractivity contribution >= 4 is 5.91 Å². The second-order valence-electron chi connectivity index (χ2n) is 4.10. The van der Waals surface area contributed by atoms with E-state index in [1.165, 1.54) is 6.42 Å². The van der Waals surface area contributed by atoms with Gasteiger partial charge in [0.25, 0.3) is 0 Å². The molecule has 1 saturated carbocycles. The van der Waals surface area contributed by atoms with E-state index in [-0.39, 0.29) is 12.5 Å². The number of hydrogen-bond donors (Lipinski definition) is 0. The summed E-state index contributed by atoms with van der Waals surface area (Å²) in [6.07, 6.45) is 1.33. The smallest absolute Gasteiger partial charge is 0.248 e. The quantitative estimate of drug-likeness (QED) is 0.591. The fraction of sp³-hybridized carbons (Fsp3) is 0.900. The van der Waals surface area contributed by atoms with E-state index in [0.717, 1.165) is 24.9 Å². The van der Waals surface area contributed by atoms with E-state index >= 15 is 0 Å². The van der Waals surface area contributed by atoms with Crippen molar-refractivity contribution in [3.63, 3.8) is 0 Å². The maximum absolute atomic E-state index is 11.5. The molecule has 4 heteroatoms. The van der Waals surface area contributed by atoms with Gasteiger partial charge < -0.3 is 14.4 Å². The molecule has 0 N–H and O–H groups in total. The highest BCUT2D eigenvalue weighted by Gasteiger charge is 2.46. The van der Waals surface area contributed by atoms with Gasteiger partial charge in [-0.2, -0.15) is 0 Å². The van der Waals surface area contributed by atoms with Crippen LogP contribution in [0.25, 0.3) is 0 Å². The molecule has 2 aliphatic rings. The van der Waals surface area contributed by atoms with Gasteiger partial charge in [-0.25, -0.2) is 0 Å². The molecule has 2 rings (SSSR count). The number of methoxy groups -OCH3 is 1. The summed E-state index contributed by atoms with van der Waals surface area (Å²) in [5.41, 5.74) is 0. The molecule has 80 valence electrons. The van der Waals surface area contributed by atoms with Crippen molar-refractivity contribution in [1.29, 1.82) is 0 Å². The Balaban J connectivity index is 1.59. The van der Waals surface area contributed by atoms with Gasteiger partial charge in [0.15, 0.2) is 0 Å². The summed E-state index contributed by atoms with van der Waals surface area (Å²) in [5, 5.41) is 0. The standard InChI is InChI=1S/C10H17NO3/c1-13-2-3-14-7-10(12)11-5-8-4-9(8)6-11/h8-9H,2-7H2,1H3. The maximum Gasteiger partial charge on any atom is 0.248 e. The third-order valence-corrected chi connectivity index (χ3v) is 2.99. The minimum atomic E-state index is 0.133. The van der Waals surface area contributed by atoms with Crippen molar-refractivity contribution < 1.29 is 14.3 Å². The summed E-state index contributed by atoms with van der Waals surface area (Å²) < 4.78 is 10.0. The van der Waals surface area contributed by atoms with Crippen molar-refractivity contribution in [3.8, 4) is 0 Å². The first-order valence-corrected chi connectivity index (χ1v) is 5.15. The van der Waals surface area contributed by atoms with Crippen LogP contribution in [0.1, 0.15) is 6.42 Å². The zero-order chi connectivity index (χ0) is 9.97. The average molecular weight is 199 g/mol. The van der Waals surface area contributed by atoms with Gasteiger partial charge in [-0.3, -0.25) is 4.79 Å². The van der Waals surface area contributed by atoms with E-state index in [9.17, 15) is 4.79 Å². The molecule has 0 radical (unpaired) electrons. The molecule has 1 aliphatic heterocycles. The number of carbonyl (C=O) groups excluding carboxylic acids is 1. The lowest BCUT2D eigenvalue weighted by molar-refractivity contribution is -0.136. The van der Waals surface area contributed by atoms with E-state index in [1.54, 1.807) is 7.11 Å². The predicted molar refractivity (Wildman–Crippen MR) is 50.9 cm³/mol. The van der Waals surface area contributed by atoms with Gasteiger partial charge >= 0.3 is 0 Å². The van der Waals surface area contributed by atoms with Crippen LogP contribution in [0.4, 0.5) is 0 Å². The summed E-state index contributed by atoms with van der Waals surface area (Å²) in [5.74, 6) is 1.74. The van der Waals surface area contributed by atoms with E-state index in [0.29, 0.717) is 13.2 Å². The Kier molecular flexibility index (Phi) is 3.03. The third-order valence-electron chi connectivity index (χ3n) is 2.99. The van der Waals surface area contributed by atoms with Gasteiger partial charge in [0.2, 0.25) is 5.91 Å². The summed E-state index contributed by atoms with van der Waals surface area (Å²) in [6, 6.07) is 0. The third kappa shape index (κ3) is 2.25. The second kappa shape index (κ2) is 4.28. The largest absolute Gasteiger partial charge is 0.382 e. The number of rotatable bonds is 5. The van der Waals surface area contributed by atoms with Crippen LogP contribution >= 0.6 is 0 Å². The predicted octanol–water partition coefficient (Wildman–Crippen LogP) is 0.128. The zero-order valence-corrected chi connectivity index (χ0v) is 8.57. The van der Waals surface area contributed by atoms with Gasteiger partial charge in [-0.15, -0.1) is 0 Å². The second-order valence-corrected chi connectivity index (χ2v) is 4.10. The van der Waals surface area contributed by atoms with Crippen molar-refractivity contribution in [1.82, 2.24) is 4.90 Å². The average Bonchev–Trinajstić information content (AvgIpc) is 2.80. The van der Waals surface area contributed by atoms with E-state index in [1.807, 2.05) is 4.90 Å². The van der Waals surface area contributed by atoms with Crippen molar-refractivity contribution in [2.75, 3.05) is 40.0 Å². The Morgan fingerprint density at radius 1 is 1.36 bits per heavy atom. The molecule has 0 aromatic heterocycles. The van der Waals surface area contributed by atoms with Crippen LogP contribution in [0.15, 0.2) is 0 Å². The summed E-state index contributed by atoms with van der Waals surface area (Å²) in [7, 11) is 1.62. The Morgan fingerprint density at radius 2 is 2.07 bits per heavy atom. The molecule has 2 atom stereocenters. The van der Waals surface area contributed by atoms with Gasteiger partial charge in [-0.1, -0.05) is 0 Å². The number of hydrogen-bond acceptors (Lipinski definition) is 3. The number of ether oxygens (including phenoxy) is 2. The number of carbonyl (C=O) groups is 1. The Morgan fingerprint density at radius 3 is 2.71 bits per heavy atom. The van der Waals surface area contributed by atoms with E-state index in [2.05, 4.69) is 0 Å². The Labute approximate surface area is 84.2 Å². The molecule has 1 aliphatic carbocycles. The highest BCUT2D eigenvalue weighted by molar-refractivity contribution is 5.78. The minimum absolute atomic E-state index is 0.133. The molecule has 0 spiro atoms. The van der Waals surface area contributed by atoms with Crippen LogP contribution in [-0.2, 0) is 14.3 Å². The number of fused-ring (bicyclic) bond motifs is 1. The normalized spacial score (nSPS) is 29.1. The topological polar surface area (TPSA) is 38.8 Å². The molecule has 1 saturated heterocycles. The van der Waals surface area contributed by atoms with Crippen molar-refractivity contribution in [2.45, 2.75) is 6.42 Å². The van der Waals surface area contributed by atoms with Gasteiger partial charge in [0.05, 0.1) is 13.2 Å². The highest BCUT2D eigenvalue weighted by atomic mass is 16.5. The number of likely N-dealkylation sites (tertiary alicyclic amines) is 1. The van der Waals surface area contributed by atoms with E-state index < -0.39 is 0 Å². The van der Waals surface area contributed by atoms with Crippen molar-refractivity contribution in [3.05, 3.63) is 0 Å². The first-order chi connectivity index (χ1) is 6.81. The Bertz CT molecular complexity index is 209. The number of nitrogens with zero attached hydrogens (tertiary/aromatic N) is 1. The lowest BCUT2D eigenvalue weighted by atomic mass is 10.4. The van der Waals surface area contributed by atoms with Crippen molar-refractivity contribution in [2.24, 2.45) is 11.8 Å². The molecule has 2 unspecified atom stereocenters. The van der Waals surface area contributed by atoms with Crippen LogP contribution in [-0.4, -0.2) is 50.8 Å².